The number of piperidine rings is 1. The van der Waals surface area contributed by atoms with Crippen LogP contribution >= 0.6 is 27.3 Å². The number of fused-ring (bicyclic) bond motifs is 1. The maximum absolute atomic E-state index is 12.6. The molecule has 0 spiro atoms. The Bertz CT molecular complexity index is 634. The first-order chi connectivity index (χ1) is 11.2. The van der Waals surface area contributed by atoms with Gasteiger partial charge < -0.3 is 10.6 Å². The fraction of sp³-hybridized carbons (Fsp3) is 0.529. The monoisotopic (exact) mass is 395 g/mol. The number of carbonyl (C=O) groups excluding carboxylic acids is 1. The number of rotatable bonds is 5. The number of hydrogen-bond acceptors (Lipinski definition) is 4. The molecule has 2 N–H and O–H groups in total. The highest BCUT2D eigenvalue weighted by atomic mass is 79.9. The normalized spacial score (nSPS) is 17.6. The predicted octanol–water partition coefficient (Wildman–Crippen LogP) is 3.19. The molecule has 1 aromatic carbocycles. The summed E-state index contributed by atoms with van der Waals surface area (Å²) in [4.78, 5) is 19.1. The Kier molecular flexibility index (Phi) is 5.67. The molecular weight excluding hydrogens is 374 g/mol. The van der Waals surface area contributed by atoms with Crippen LogP contribution in [-0.2, 0) is 11.2 Å². The van der Waals surface area contributed by atoms with Crippen molar-refractivity contribution in [2.75, 3.05) is 18.4 Å². The van der Waals surface area contributed by atoms with Crippen LogP contribution < -0.4 is 5.73 Å². The molecule has 1 amide bonds. The summed E-state index contributed by atoms with van der Waals surface area (Å²) in [6.45, 7) is 1.67. The molecule has 3 rings (SSSR count). The number of carbonyl (C=O) groups is 1. The Hall–Kier alpha value is -0.980. The maximum Gasteiger partial charge on any atom is 0.239 e. The lowest BCUT2D eigenvalue weighted by Gasteiger charge is -2.33. The SMILES string of the molecule is N[C@@H](Cc1nc2ccccc2s1)C(=O)N1CCC(CCBr)CC1. The van der Waals surface area contributed by atoms with Gasteiger partial charge in [-0.15, -0.1) is 11.3 Å². The number of nitrogens with zero attached hydrogens (tertiary/aromatic N) is 2. The van der Waals surface area contributed by atoms with Crippen molar-refractivity contribution in [2.45, 2.75) is 31.7 Å². The van der Waals surface area contributed by atoms with Gasteiger partial charge in [0.05, 0.1) is 21.3 Å². The number of para-hydroxylation sites is 1. The van der Waals surface area contributed by atoms with Gasteiger partial charge in [0.1, 0.15) is 0 Å². The first-order valence-electron chi connectivity index (χ1n) is 8.12. The lowest BCUT2D eigenvalue weighted by atomic mass is 9.94. The Labute approximate surface area is 149 Å². The molecule has 1 aliphatic heterocycles. The van der Waals surface area contributed by atoms with Crippen LogP contribution in [0.15, 0.2) is 24.3 Å². The second-order valence-electron chi connectivity index (χ2n) is 6.13. The first-order valence-corrected chi connectivity index (χ1v) is 10.1. The zero-order valence-electron chi connectivity index (χ0n) is 13.1. The van der Waals surface area contributed by atoms with E-state index in [9.17, 15) is 4.79 Å². The van der Waals surface area contributed by atoms with E-state index in [1.165, 1.54) is 6.42 Å². The number of hydrogen-bond donors (Lipinski definition) is 1. The average molecular weight is 396 g/mol. The number of amides is 1. The van der Waals surface area contributed by atoms with E-state index in [0.29, 0.717) is 6.42 Å². The van der Waals surface area contributed by atoms with Gasteiger partial charge in [-0.25, -0.2) is 4.98 Å². The molecule has 23 heavy (non-hydrogen) atoms. The smallest absolute Gasteiger partial charge is 0.239 e. The van der Waals surface area contributed by atoms with E-state index < -0.39 is 6.04 Å². The van der Waals surface area contributed by atoms with E-state index in [-0.39, 0.29) is 5.91 Å². The molecule has 1 aliphatic rings. The largest absolute Gasteiger partial charge is 0.341 e. The molecule has 0 saturated carbocycles. The summed E-state index contributed by atoms with van der Waals surface area (Å²) >= 11 is 5.13. The van der Waals surface area contributed by atoms with Gasteiger partial charge in [-0.3, -0.25) is 4.79 Å². The third-order valence-electron chi connectivity index (χ3n) is 4.49. The molecule has 1 atom stereocenters. The number of nitrogens with two attached hydrogens (primary N) is 1. The fourth-order valence-corrected chi connectivity index (χ4v) is 4.79. The summed E-state index contributed by atoms with van der Waals surface area (Å²) in [6, 6.07) is 7.55. The summed E-state index contributed by atoms with van der Waals surface area (Å²) in [5.41, 5.74) is 7.15. The van der Waals surface area contributed by atoms with Crippen molar-refractivity contribution < 1.29 is 4.79 Å². The van der Waals surface area contributed by atoms with Crippen LogP contribution in [0.4, 0.5) is 0 Å². The Morgan fingerprint density at radius 2 is 2.13 bits per heavy atom. The predicted molar refractivity (Wildman–Crippen MR) is 99.0 cm³/mol. The van der Waals surface area contributed by atoms with Crippen LogP contribution in [0.25, 0.3) is 10.2 Å². The number of thiazole rings is 1. The van der Waals surface area contributed by atoms with Gasteiger partial charge in [0.25, 0.3) is 0 Å². The van der Waals surface area contributed by atoms with Crippen molar-refractivity contribution in [1.29, 1.82) is 0 Å². The van der Waals surface area contributed by atoms with Gasteiger partial charge >= 0.3 is 0 Å². The van der Waals surface area contributed by atoms with Gasteiger partial charge in [0.2, 0.25) is 5.91 Å². The van der Waals surface area contributed by atoms with E-state index in [1.54, 1.807) is 11.3 Å². The molecule has 1 fully saturated rings. The summed E-state index contributed by atoms with van der Waals surface area (Å²) in [6.07, 6.45) is 3.90. The van der Waals surface area contributed by atoms with Crippen molar-refractivity contribution in [1.82, 2.24) is 9.88 Å². The number of alkyl halides is 1. The minimum Gasteiger partial charge on any atom is -0.341 e. The number of benzene rings is 1. The Balaban J connectivity index is 1.57. The standard InChI is InChI=1S/C17H22BrN3OS/c18-8-5-12-6-9-21(10-7-12)17(22)13(19)11-16-20-14-3-1-2-4-15(14)23-16/h1-4,12-13H,5-11,19H2/t13-/m0/s1. The summed E-state index contributed by atoms with van der Waals surface area (Å²) in [5.74, 6) is 0.806. The molecule has 0 bridgehead atoms. The minimum absolute atomic E-state index is 0.0709. The molecule has 0 unspecified atom stereocenters. The topological polar surface area (TPSA) is 59.2 Å². The van der Waals surface area contributed by atoms with Gasteiger partial charge in [0.15, 0.2) is 0 Å². The second-order valence-corrected chi connectivity index (χ2v) is 8.04. The third kappa shape index (κ3) is 4.11. The average Bonchev–Trinajstić information content (AvgIpc) is 2.97. The van der Waals surface area contributed by atoms with E-state index >= 15 is 0 Å². The molecule has 0 radical (unpaired) electrons. The van der Waals surface area contributed by atoms with Crippen LogP contribution in [0.5, 0.6) is 0 Å². The molecule has 124 valence electrons. The van der Waals surface area contributed by atoms with Crippen LogP contribution in [0.1, 0.15) is 24.3 Å². The minimum atomic E-state index is -0.483. The van der Waals surface area contributed by atoms with Gasteiger partial charge in [-0.2, -0.15) is 0 Å². The molecular formula is C17H22BrN3OS. The molecule has 1 saturated heterocycles. The van der Waals surface area contributed by atoms with Crippen molar-refractivity contribution in [3.63, 3.8) is 0 Å². The molecule has 0 aliphatic carbocycles. The zero-order valence-corrected chi connectivity index (χ0v) is 15.5. The van der Waals surface area contributed by atoms with Crippen molar-refractivity contribution in [2.24, 2.45) is 11.7 Å². The Morgan fingerprint density at radius 1 is 1.39 bits per heavy atom. The number of likely N-dealkylation sites (tertiary alicyclic amines) is 1. The molecule has 2 aromatic rings. The highest BCUT2D eigenvalue weighted by Crippen LogP contribution is 2.24. The lowest BCUT2D eigenvalue weighted by molar-refractivity contribution is -0.134. The van der Waals surface area contributed by atoms with Crippen LogP contribution in [0, 0.1) is 5.92 Å². The van der Waals surface area contributed by atoms with Crippen LogP contribution in [0.2, 0.25) is 0 Å². The third-order valence-corrected chi connectivity index (χ3v) is 6.01. The van der Waals surface area contributed by atoms with E-state index in [2.05, 4.69) is 27.0 Å². The summed E-state index contributed by atoms with van der Waals surface area (Å²) in [7, 11) is 0. The van der Waals surface area contributed by atoms with Crippen molar-refractivity contribution in [3.05, 3.63) is 29.3 Å². The van der Waals surface area contributed by atoms with Gasteiger partial charge in [-0.1, -0.05) is 28.1 Å². The van der Waals surface area contributed by atoms with Crippen LogP contribution in [0.3, 0.4) is 0 Å². The summed E-state index contributed by atoms with van der Waals surface area (Å²) < 4.78 is 1.15. The molecule has 4 nitrogen and oxygen atoms in total. The second kappa shape index (κ2) is 7.73. The first kappa shape index (κ1) is 16.9. The molecule has 6 heteroatoms. The molecule has 1 aromatic heterocycles. The lowest BCUT2D eigenvalue weighted by Crippen LogP contribution is -2.48. The fourth-order valence-electron chi connectivity index (χ4n) is 3.11. The molecule has 2 heterocycles. The highest BCUT2D eigenvalue weighted by molar-refractivity contribution is 9.09. The van der Waals surface area contributed by atoms with Crippen molar-refractivity contribution in [3.8, 4) is 0 Å². The van der Waals surface area contributed by atoms with E-state index in [4.69, 9.17) is 5.73 Å². The van der Waals surface area contributed by atoms with E-state index in [0.717, 1.165) is 52.4 Å². The highest BCUT2D eigenvalue weighted by Gasteiger charge is 2.26. The quantitative estimate of drug-likeness (QED) is 0.790. The van der Waals surface area contributed by atoms with Gasteiger partial charge in [0, 0.05) is 24.8 Å². The number of halogens is 1. The maximum atomic E-state index is 12.6. The van der Waals surface area contributed by atoms with Crippen molar-refractivity contribution >= 4 is 43.4 Å². The van der Waals surface area contributed by atoms with Crippen LogP contribution in [-0.4, -0.2) is 40.3 Å². The number of aromatic nitrogens is 1. The van der Waals surface area contributed by atoms with Gasteiger partial charge in [-0.05, 0) is 37.3 Å². The zero-order chi connectivity index (χ0) is 16.2. The summed E-state index contributed by atoms with van der Waals surface area (Å²) in [5, 5.41) is 1.99. The Morgan fingerprint density at radius 3 is 2.83 bits per heavy atom. The van der Waals surface area contributed by atoms with E-state index in [1.807, 2.05) is 23.1 Å².